The van der Waals surface area contributed by atoms with Crippen LogP contribution in [0.5, 0.6) is 0 Å². The van der Waals surface area contributed by atoms with Crippen LogP contribution in [-0.2, 0) is 9.53 Å². The number of hydrogen-bond acceptors (Lipinski definition) is 2. The molecule has 3 heteroatoms. The Morgan fingerprint density at radius 2 is 2.00 bits per heavy atom. The van der Waals surface area contributed by atoms with Crippen LogP contribution < -0.4 is 0 Å². The quantitative estimate of drug-likeness (QED) is 0.374. The fraction of sp³-hybridized carbons (Fsp3) is 0.909. The lowest BCUT2D eigenvalue weighted by molar-refractivity contribution is -0.145. The molecule has 0 unspecified atom stereocenters. The van der Waals surface area contributed by atoms with Crippen molar-refractivity contribution in [3.63, 3.8) is 0 Å². The van der Waals surface area contributed by atoms with E-state index in [0.717, 1.165) is 19.3 Å². The second kappa shape index (κ2) is 7.10. The van der Waals surface area contributed by atoms with Gasteiger partial charge in [-0.05, 0) is 25.2 Å². The highest BCUT2D eigenvalue weighted by atomic mass is 35.5. The molecule has 0 amide bonds. The van der Waals surface area contributed by atoms with E-state index < -0.39 is 0 Å². The average molecular weight is 221 g/mol. The van der Waals surface area contributed by atoms with Crippen molar-refractivity contribution in [3.8, 4) is 0 Å². The summed E-state index contributed by atoms with van der Waals surface area (Å²) in [5.74, 6) is 0.610. The minimum Gasteiger partial charge on any atom is -0.466 e. The highest BCUT2D eigenvalue weighted by Crippen LogP contribution is 2.27. The smallest absolute Gasteiger partial charge is 0.306 e. The molecule has 0 aliphatic heterocycles. The van der Waals surface area contributed by atoms with E-state index in [1.165, 1.54) is 0 Å². The second-order valence-electron chi connectivity index (χ2n) is 4.29. The fourth-order valence-corrected chi connectivity index (χ4v) is 1.58. The molecule has 0 saturated heterocycles. The monoisotopic (exact) mass is 220 g/mol. The van der Waals surface area contributed by atoms with Crippen molar-refractivity contribution in [3.05, 3.63) is 0 Å². The summed E-state index contributed by atoms with van der Waals surface area (Å²) in [5.41, 5.74) is 0.0400. The van der Waals surface area contributed by atoms with Gasteiger partial charge in [-0.25, -0.2) is 0 Å². The molecule has 84 valence electrons. The van der Waals surface area contributed by atoms with E-state index in [0.29, 0.717) is 18.9 Å². The summed E-state index contributed by atoms with van der Waals surface area (Å²) in [5, 5.41) is 0. The van der Waals surface area contributed by atoms with Crippen LogP contribution >= 0.6 is 11.6 Å². The van der Waals surface area contributed by atoms with Crippen LogP contribution in [0.1, 0.15) is 46.5 Å². The topological polar surface area (TPSA) is 26.3 Å². The maximum absolute atomic E-state index is 11.2. The predicted octanol–water partition coefficient (Wildman–Crippen LogP) is 3.37. The van der Waals surface area contributed by atoms with E-state index in [4.69, 9.17) is 16.3 Å². The number of hydrogen-bond donors (Lipinski definition) is 0. The van der Waals surface area contributed by atoms with Crippen LogP contribution in [0.3, 0.4) is 0 Å². The molecule has 2 nitrogen and oxygen atoms in total. The summed E-state index contributed by atoms with van der Waals surface area (Å²) in [4.78, 5) is 11.2. The molecule has 0 atom stereocenters. The van der Waals surface area contributed by atoms with E-state index >= 15 is 0 Å². The van der Waals surface area contributed by atoms with Gasteiger partial charge < -0.3 is 4.74 Å². The number of esters is 1. The van der Waals surface area contributed by atoms with Crippen molar-refractivity contribution in [2.24, 2.45) is 5.41 Å². The van der Waals surface area contributed by atoms with Crippen molar-refractivity contribution in [2.45, 2.75) is 46.5 Å². The van der Waals surface area contributed by atoms with Gasteiger partial charge in [-0.2, -0.15) is 0 Å². The summed E-state index contributed by atoms with van der Waals surface area (Å²) in [7, 11) is 0. The predicted molar refractivity (Wildman–Crippen MR) is 59.6 cm³/mol. The molecule has 0 aromatic heterocycles. The molecule has 0 aromatic carbocycles. The van der Waals surface area contributed by atoms with Gasteiger partial charge in [-0.1, -0.05) is 20.3 Å². The Morgan fingerprint density at radius 3 is 2.50 bits per heavy atom. The van der Waals surface area contributed by atoms with Gasteiger partial charge in [0.2, 0.25) is 0 Å². The van der Waals surface area contributed by atoms with Gasteiger partial charge >= 0.3 is 5.97 Å². The number of halogens is 1. The van der Waals surface area contributed by atoms with Crippen LogP contribution in [-0.4, -0.2) is 18.5 Å². The van der Waals surface area contributed by atoms with Crippen LogP contribution in [0.25, 0.3) is 0 Å². The van der Waals surface area contributed by atoms with Crippen molar-refractivity contribution in [1.29, 1.82) is 0 Å². The molecule has 14 heavy (non-hydrogen) atoms. The first kappa shape index (κ1) is 13.8. The van der Waals surface area contributed by atoms with E-state index in [1.807, 2.05) is 6.92 Å². The third kappa shape index (κ3) is 7.19. The summed E-state index contributed by atoms with van der Waals surface area (Å²) < 4.78 is 4.92. The highest BCUT2D eigenvalue weighted by Gasteiger charge is 2.21. The van der Waals surface area contributed by atoms with Crippen molar-refractivity contribution >= 4 is 17.6 Å². The molecule has 0 bridgehead atoms. The molecular formula is C11H21ClO2. The largest absolute Gasteiger partial charge is 0.466 e. The minimum absolute atomic E-state index is 0.0400. The van der Waals surface area contributed by atoms with Crippen LogP contribution in [0.15, 0.2) is 0 Å². The van der Waals surface area contributed by atoms with Crippen molar-refractivity contribution < 1.29 is 9.53 Å². The van der Waals surface area contributed by atoms with Crippen LogP contribution in [0.2, 0.25) is 0 Å². The lowest BCUT2D eigenvalue weighted by Gasteiger charge is -2.22. The average Bonchev–Trinajstić information content (AvgIpc) is 2.03. The van der Waals surface area contributed by atoms with Gasteiger partial charge in [0.25, 0.3) is 0 Å². The first-order valence-corrected chi connectivity index (χ1v) is 5.77. The van der Waals surface area contributed by atoms with Crippen molar-refractivity contribution in [2.75, 3.05) is 12.5 Å². The zero-order chi connectivity index (χ0) is 11.0. The maximum Gasteiger partial charge on any atom is 0.306 e. The Kier molecular flexibility index (Phi) is 6.98. The third-order valence-electron chi connectivity index (χ3n) is 2.17. The molecule has 0 radical (unpaired) electrons. The Hall–Kier alpha value is -0.240. The Bertz CT molecular complexity index is 167. The molecular weight excluding hydrogens is 200 g/mol. The molecule has 0 spiro atoms. The number of alkyl halides is 1. The van der Waals surface area contributed by atoms with Gasteiger partial charge in [0, 0.05) is 5.88 Å². The maximum atomic E-state index is 11.2. The number of unbranched alkanes of at least 4 members (excludes halogenated alkanes) is 1. The summed E-state index contributed by atoms with van der Waals surface area (Å²) in [6.45, 7) is 6.49. The van der Waals surface area contributed by atoms with E-state index in [1.54, 1.807) is 0 Å². The van der Waals surface area contributed by atoms with Crippen LogP contribution in [0, 0.1) is 5.41 Å². The van der Waals surface area contributed by atoms with E-state index in [9.17, 15) is 4.79 Å². The molecule has 0 saturated carbocycles. The molecule has 0 aliphatic rings. The number of carbonyl (C=O) groups is 1. The van der Waals surface area contributed by atoms with Gasteiger partial charge in [-0.3, -0.25) is 4.79 Å². The number of carbonyl (C=O) groups excluding carboxylic acids is 1. The SMILES string of the molecule is CCOC(=O)CC(C)(C)CCCCCl. The molecule has 0 N–H and O–H groups in total. The number of rotatable bonds is 7. The van der Waals surface area contributed by atoms with Crippen LogP contribution in [0.4, 0.5) is 0 Å². The lowest BCUT2D eigenvalue weighted by atomic mass is 9.84. The zero-order valence-electron chi connectivity index (χ0n) is 9.44. The minimum atomic E-state index is -0.0941. The third-order valence-corrected chi connectivity index (χ3v) is 2.43. The second-order valence-corrected chi connectivity index (χ2v) is 4.67. The normalized spacial score (nSPS) is 11.4. The Balaban J connectivity index is 3.75. The zero-order valence-corrected chi connectivity index (χ0v) is 10.2. The highest BCUT2D eigenvalue weighted by molar-refractivity contribution is 6.17. The van der Waals surface area contributed by atoms with Gasteiger partial charge in [0.05, 0.1) is 13.0 Å². The summed E-state index contributed by atoms with van der Waals surface area (Å²) in [6.07, 6.45) is 3.63. The number of ether oxygens (including phenoxy) is 1. The summed E-state index contributed by atoms with van der Waals surface area (Å²) >= 11 is 5.59. The van der Waals surface area contributed by atoms with Gasteiger partial charge in [0.15, 0.2) is 0 Å². The molecule has 0 heterocycles. The molecule has 0 aliphatic carbocycles. The molecule has 0 fully saturated rings. The first-order valence-electron chi connectivity index (χ1n) is 5.23. The van der Waals surface area contributed by atoms with Crippen molar-refractivity contribution in [1.82, 2.24) is 0 Å². The lowest BCUT2D eigenvalue weighted by Crippen LogP contribution is -2.19. The standard InChI is InChI=1S/C11H21ClO2/c1-4-14-10(13)9-11(2,3)7-5-6-8-12/h4-9H2,1-3H3. The Labute approximate surface area is 92.0 Å². The fourth-order valence-electron chi connectivity index (χ4n) is 1.39. The molecule has 0 rings (SSSR count). The summed E-state index contributed by atoms with van der Waals surface area (Å²) in [6, 6.07) is 0. The van der Waals surface area contributed by atoms with Gasteiger partial charge in [-0.15, -0.1) is 11.6 Å². The van der Waals surface area contributed by atoms with Gasteiger partial charge in [0.1, 0.15) is 0 Å². The molecule has 0 aromatic rings. The Morgan fingerprint density at radius 1 is 1.36 bits per heavy atom. The first-order chi connectivity index (χ1) is 6.52. The van der Waals surface area contributed by atoms with E-state index in [-0.39, 0.29) is 11.4 Å². The van der Waals surface area contributed by atoms with E-state index in [2.05, 4.69) is 13.8 Å².